The van der Waals surface area contributed by atoms with Crippen LogP contribution in [0.5, 0.6) is 0 Å². The molecule has 0 heterocycles. The maximum atomic E-state index is 9.42. The highest BCUT2D eigenvalue weighted by molar-refractivity contribution is 4.82. The molecule has 78 valence electrons. The van der Waals surface area contributed by atoms with E-state index in [4.69, 9.17) is 0 Å². The van der Waals surface area contributed by atoms with Gasteiger partial charge in [0, 0.05) is 0 Å². The van der Waals surface area contributed by atoms with E-state index in [9.17, 15) is 5.11 Å². The van der Waals surface area contributed by atoms with E-state index in [-0.39, 0.29) is 6.10 Å². The van der Waals surface area contributed by atoms with E-state index in [1.54, 1.807) is 6.08 Å². The van der Waals surface area contributed by atoms with Crippen LogP contribution in [0.25, 0.3) is 0 Å². The van der Waals surface area contributed by atoms with Gasteiger partial charge in [0.25, 0.3) is 0 Å². The van der Waals surface area contributed by atoms with Gasteiger partial charge < -0.3 is 5.11 Å². The van der Waals surface area contributed by atoms with Gasteiger partial charge in [-0.05, 0) is 37.5 Å². The monoisotopic (exact) mass is 184 g/mol. The quantitative estimate of drug-likeness (QED) is 0.572. The molecule has 0 aromatic carbocycles. The van der Waals surface area contributed by atoms with E-state index >= 15 is 0 Å². The SMILES string of the molecule is C=CC.CC1CC(O)CC(C)(C)C1. The van der Waals surface area contributed by atoms with E-state index in [2.05, 4.69) is 27.4 Å². The van der Waals surface area contributed by atoms with Gasteiger partial charge in [-0.2, -0.15) is 0 Å². The average molecular weight is 184 g/mol. The molecule has 0 aromatic heterocycles. The highest BCUT2D eigenvalue weighted by Gasteiger charge is 2.30. The Morgan fingerprint density at radius 2 is 1.85 bits per heavy atom. The van der Waals surface area contributed by atoms with Gasteiger partial charge in [0.15, 0.2) is 0 Å². The molecule has 2 atom stereocenters. The molecule has 0 spiro atoms. The molecule has 0 saturated heterocycles. The van der Waals surface area contributed by atoms with Crippen molar-refractivity contribution in [2.45, 2.75) is 53.1 Å². The van der Waals surface area contributed by atoms with Crippen molar-refractivity contribution in [1.29, 1.82) is 0 Å². The third-order valence-corrected chi connectivity index (χ3v) is 2.36. The van der Waals surface area contributed by atoms with Crippen LogP contribution in [0.4, 0.5) is 0 Å². The molecule has 0 aromatic rings. The Bertz CT molecular complexity index is 137. The first-order valence-corrected chi connectivity index (χ1v) is 5.16. The molecule has 1 heteroatoms. The van der Waals surface area contributed by atoms with Crippen molar-refractivity contribution >= 4 is 0 Å². The fourth-order valence-electron chi connectivity index (χ4n) is 2.30. The number of hydrogen-bond donors (Lipinski definition) is 1. The van der Waals surface area contributed by atoms with Crippen molar-refractivity contribution in [3.8, 4) is 0 Å². The molecular formula is C12H24O. The predicted octanol–water partition coefficient (Wildman–Crippen LogP) is 3.39. The van der Waals surface area contributed by atoms with Crippen molar-refractivity contribution in [1.82, 2.24) is 0 Å². The second kappa shape index (κ2) is 5.43. The summed E-state index contributed by atoms with van der Waals surface area (Å²) in [5.74, 6) is 0.707. The molecule has 1 fully saturated rings. The molecule has 13 heavy (non-hydrogen) atoms. The highest BCUT2D eigenvalue weighted by Crippen LogP contribution is 2.38. The summed E-state index contributed by atoms with van der Waals surface area (Å²) in [6.07, 6.45) is 4.96. The number of rotatable bonds is 0. The van der Waals surface area contributed by atoms with Crippen LogP contribution in [0.15, 0.2) is 12.7 Å². The molecule has 0 radical (unpaired) electrons. The lowest BCUT2D eigenvalue weighted by Gasteiger charge is -2.36. The fourth-order valence-corrected chi connectivity index (χ4v) is 2.30. The lowest BCUT2D eigenvalue weighted by atomic mass is 9.72. The van der Waals surface area contributed by atoms with Gasteiger partial charge in [-0.15, -0.1) is 6.58 Å². The first-order valence-electron chi connectivity index (χ1n) is 5.16. The molecule has 1 aliphatic carbocycles. The van der Waals surface area contributed by atoms with E-state index in [1.165, 1.54) is 6.42 Å². The van der Waals surface area contributed by atoms with E-state index in [0.717, 1.165) is 12.8 Å². The van der Waals surface area contributed by atoms with Crippen LogP contribution in [-0.4, -0.2) is 11.2 Å². The van der Waals surface area contributed by atoms with Crippen molar-refractivity contribution in [2.75, 3.05) is 0 Å². The fraction of sp³-hybridized carbons (Fsp3) is 0.833. The molecule has 1 aliphatic rings. The summed E-state index contributed by atoms with van der Waals surface area (Å²) in [4.78, 5) is 0. The second-order valence-corrected chi connectivity index (χ2v) is 4.98. The minimum absolute atomic E-state index is 0.0428. The van der Waals surface area contributed by atoms with E-state index < -0.39 is 0 Å². The first-order chi connectivity index (χ1) is 5.91. The number of allylic oxidation sites excluding steroid dienone is 1. The maximum Gasteiger partial charge on any atom is 0.0547 e. The summed E-state index contributed by atoms with van der Waals surface area (Å²) < 4.78 is 0. The van der Waals surface area contributed by atoms with Crippen molar-refractivity contribution in [2.24, 2.45) is 11.3 Å². The molecule has 1 nitrogen and oxygen atoms in total. The zero-order chi connectivity index (χ0) is 10.5. The summed E-state index contributed by atoms with van der Waals surface area (Å²) in [5.41, 5.74) is 0.372. The molecule has 1 N–H and O–H groups in total. The minimum Gasteiger partial charge on any atom is -0.393 e. The Morgan fingerprint density at radius 3 is 2.15 bits per heavy atom. The standard InChI is InChI=1S/C9H18O.C3H6/c1-7-4-8(10)6-9(2,3)5-7;1-3-2/h7-8,10H,4-6H2,1-3H3;3H,1H2,2H3. The topological polar surface area (TPSA) is 20.2 Å². The Morgan fingerprint density at radius 1 is 1.38 bits per heavy atom. The van der Waals surface area contributed by atoms with Crippen LogP contribution in [0.2, 0.25) is 0 Å². The molecule has 1 rings (SSSR count). The van der Waals surface area contributed by atoms with E-state index in [0.29, 0.717) is 11.3 Å². The summed E-state index contributed by atoms with van der Waals surface area (Å²) in [6, 6.07) is 0. The largest absolute Gasteiger partial charge is 0.393 e. The summed E-state index contributed by atoms with van der Waals surface area (Å²) in [7, 11) is 0. The first kappa shape index (κ1) is 12.7. The van der Waals surface area contributed by atoms with Gasteiger partial charge in [-0.1, -0.05) is 26.8 Å². The van der Waals surface area contributed by atoms with Crippen molar-refractivity contribution in [3.05, 3.63) is 12.7 Å². The normalized spacial score (nSPS) is 31.5. The Labute approximate surface area is 82.9 Å². The lowest BCUT2D eigenvalue weighted by molar-refractivity contribution is 0.0394. The molecule has 0 bridgehead atoms. The molecule has 0 amide bonds. The zero-order valence-electron chi connectivity index (χ0n) is 9.51. The summed E-state index contributed by atoms with van der Waals surface area (Å²) in [6.45, 7) is 12.0. The lowest BCUT2D eigenvalue weighted by Crippen LogP contribution is -2.30. The second-order valence-electron chi connectivity index (χ2n) is 4.98. The molecular weight excluding hydrogens is 160 g/mol. The third-order valence-electron chi connectivity index (χ3n) is 2.36. The third kappa shape index (κ3) is 5.87. The number of aliphatic hydroxyl groups excluding tert-OH is 1. The van der Waals surface area contributed by atoms with Gasteiger partial charge in [0.2, 0.25) is 0 Å². The number of hydrogen-bond acceptors (Lipinski definition) is 1. The van der Waals surface area contributed by atoms with Crippen LogP contribution in [0, 0.1) is 11.3 Å². The van der Waals surface area contributed by atoms with Crippen LogP contribution in [0.3, 0.4) is 0 Å². The Balaban J connectivity index is 0.000000424. The maximum absolute atomic E-state index is 9.42. The van der Waals surface area contributed by atoms with Crippen molar-refractivity contribution < 1.29 is 5.11 Å². The van der Waals surface area contributed by atoms with Gasteiger partial charge in [-0.3, -0.25) is 0 Å². The highest BCUT2D eigenvalue weighted by atomic mass is 16.3. The van der Waals surface area contributed by atoms with Gasteiger partial charge >= 0.3 is 0 Å². The van der Waals surface area contributed by atoms with Gasteiger partial charge in [0.05, 0.1) is 6.10 Å². The number of aliphatic hydroxyl groups is 1. The molecule has 1 saturated carbocycles. The van der Waals surface area contributed by atoms with Crippen LogP contribution in [-0.2, 0) is 0 Å². The Hall–Kier alpha value is -0.300. The predicted molar refractivity (Wildman–Crippen MR) is 58.7 cm³/mol. The van der Waals surface area contributed by atoms with E-state index in [1.807, 2.05) is 6.92 Å². The van der Waals surface area contributed by atoms with Crippen LogP contribution < -0.4 is 0 Å². The van der Waals surface area contributed by atoms with Crippen LogP contribution >= 0.6 is 0 Å². The van der Waals surface area contributed by atoms with Gasteiger partial charge in [-0.25, -0.2) is 0 Å². The van der Waals surface area contributed by atoms with Gasteiger partial charge in [0.1, 0.15) is 0 Å². The minimum atomic E-state index is -0.0428. The average Bonchev–Trinajstić information content (AvgIpc) is 1.81. The summed E-state index contributed by atoms with van der Waals surface area (Å²) >= 11 is 0. The smallest absolute Gasteiger partial charge is 0.0547 e. The Kier molecular flexibility index (Phi) is 5.31. The summed E-state index contributed by atoms with van der Waals surface area (Å²) in [5, 5.41) is 9.42. The van der Waals surface area contributed by atoms with Crippen molar-refractivity contribution in [3.63, 3.8) is 0 Å². The zero-order valence-corrected chi connectivity index (χ0v) is 9.51. The molecule has 2 unspecified atom stereocenters. The van der Waals surface area contributed by atoms with Crippen LogP contribution in [0.1, 0.15) is 47.0 Å². The molecule has 0 aliphatic heterocycles.